The van der Waals surface area contributed by atoms with E-state index >= 15 is 0 Å². The number of likely N-dealkylation sites (N-methyl/N-ethyl adjacent to an activating group) is 1. The van der Waals surface area contributed by atoms with Crippen LogP contribution in [-0.4, -0.2) is 68.4 Å². The quantitative estimate of drug-likeness (QED) is 0.493. The topological polar surface area (TPSA) is 69.1 Å². The molecular formula is C17H29ClN4O2S. The highest BCUT2D eigenvalue weighted by Crippen LogP contribution is 2.27. The van der Waals surface area contributed by atoms with Crippen molar-refractivity contribution in [1.82, 2.24) is 15.5 Å². The Morgan fingerprint density at radius 2 is 2.12 bits per heavy atom. The van der Waals surface area contributed by atoms with Gasteiger partial charge in [-0.15, -0.1) is 11.3 Å². The Hall–Kier alpha value is -0.860. The van der Waals surface area contributed by atoms with Crippen LogP contribution in [0.4, 0.5) is 0 Å². The Morgan fingerprint density at radius 3 is 2.68 bits per heavy atom. The van der Waals surface area contributed by atoms with Gasteiger partial charge in [0.2, 0.25) is 0 Å². The molecule has 0 radical (unpaired) electrons. The van der Waals surface area contributed by atoms with Gasteiger partial charge in [0.05, 0.1) is 10.9 Å². The molecule has 2 rings (SSSR count). The Balaban J connectivity index is 1.97. The van der Waals surface area contributed by atoms with Crippen molar-refractivity contribution in [2.45, 2.75) is 31.4 Å². The standard InChI is InChI=1S/C17H29ClN4O2S/c1-4-19-16(20-11-13(23)14-5-6-15(18)25-14)21-12-17(22(2)3)7-9-24-10-8-17/h5-6,13,23H,4,7-12H2,1-3H3,(H2,19,20,21). The van der Waals surface area contributed by atoms with Crippen molar-refractivity contribution in [2.24, 2.45) is 4.99 Å². The number of aliphatic hydroxyl groups is 1. The first-order chi connectivity index (χ1) is 12.0. The van der Waals surface area contributed by atoms with Crippen molar-refractivity contribution in [3.8, 4) is 0 Å². The van der Waals surface area contributed by atoms with Crippen LogP contribution in [0.3, 0.4) is 0 Å². The van der Waals surface area contributed by atoms with E-state index in [0.717, 1.165) is 43.4 Å². The number of thiophene rings is 1. The van der Waals surface area contributed by atoms with Gasteiger partial charge in [-0.2, -0.15) is 0 Å². The SMILES string of the molecule is CCNC(=NCC1(N(C)C)CCOCC1)NCC(O)c1ccc(Cl)s1. The van der Waals surface area contributed by atoms with E-state index < -0.39 is 6.10 Å². The molecule has 1 fully saturated rings. The molecule has 3 N–H and O–H groups in total. The molecule has 0 spiro atoms. The third kappa shape index (κ3) is 5.82. The highest BCUT2D eigenvalue weighted by Gasteiger charge is 2.34. The smallest absolute Gasteiger partial charge is 0.191 e. The van der Waals surface area contributed by atoms with E-state index in [1.807, 2.05) is 13.0 Å². The van der Waals surface area contributed by atoms with E-state index in [0.29, 0.717) is 17.4 Å². The molecule has 0 saturated carbocycles. The van der Waals surface area contributed by atoms with Gasteiger partial charge in [0.1, 0.15) is 6.10 Å². The molecule has 0 amide bonds. The number of hydrogen-bond acceptors (Lipinski definition) is 5. The van der Waals surface area contributed by atoms with Crippen molar-refractivity contribution < 1.29 is 9.84 Å². The zero-order valence-electron chi connectivity index (χ0n) is 15.2. The van der Waals surface area contributed by atoms with E-state index in [2.05, 4.69) is 29.6 Å². The van der Waals surface area contributed by atoms with Crippen LogP contribution in [0.1, 0.15) is 30.7 Å². The molecule has 1 aliphatic heterocycles. The van der Waals surface area contributed by atoms with Crippen LogP contribution in [0, 0.1) is 0 Å². The van der Waals surface area contributed by atoms with Crippen LogP contribution in [0.25, 0.3) is 0 Å². The molecule has 1 aliphatic rings. The summed E-state index contributed by atoms with van der Waals surface area (Å²) in [7, 11) is 4.21. The van der Waals surface area contributed by atoms with Crippen LogP contribution >= 0.6 is 22.9 Å². The molecule has 8 heteroatoms. The molecule has 25 heavy (non-hydrogen) atoms. The summed E-state index contributed by atoms with van der Waals surface area (Å²) >= 11 is 7.33. The molecule has 0 aliphatic carbocycles. The van der Waals surface area contributed by atoms with Crippen LogP contribution in [0.2, 0.25) is 4.34 Å². The third-order valence-corrected chi connectivity index (χ3v) is 5.97. The number of hydrogen-bond donors (Lipinski definition) is 3. The summed E-state index contributed by atoms with van der Waals surface area (Å²) in [5.41, 5.74) is 0.0283. The lowest BCUT2D eigenvalue weighted by Crippen LogP contribution is -2.52. The first-order valence-electron chi connectivity index (χ1n) is 8.67. The molecular weight excluding hydrogens is 360 g/mol. The number of aliphatic imine (C=N–C) groups is 1. The molecule has 1 unspecified atom stereocenters. The van der Waals surface area contributed by atoms with E-state index in [-0.39, 0.29) is 5.54 Å². The fraction of sp³-hybridized carbons (Fsp3) is 0.706. The van der Waals surface area contributed by atoms with E-state index in [1.165, 1.54) is 11.3 Å². The molecule has 1 aromatic rings. The van der Waals surface area contributed by atoms with Gasteiger partial charge < -0.3 is 25.4 Å². The van der Waals surface area contributed by atoms with Gasteiger partial charge in [0, 0.05) is 36.7 Å². The number of rotatable bonds is 7. The van der Waals surface area contributed by atoms with Crippen molar-refractivity contribution in [3.63, 3.8) is 0 Å². The van der Waals surface area contributed by atoms with Crippen LogP contribution in [-0.2, 0) is 4.74 Å². The average molecular weight is 389 g/mol. The summed E-state index contributed by atoms with van der Waals surface area (Å²) in [5, 5.41) is 16.8. The minimum Gasteiger partial charge on any atom is -0.386 e. The largest absolute Gasteiger partial charge is 0.386 e. The highest BCUT2D eigenvalue weighted by atomic mass is 35.5. The van der Waals surface area contributed by atoms with Crippen molar-refractivity contribution >= 4 is 28.9 Å². The number of ether oxygens (including phenoxy) is 1. The lowest BCUT2D eigenvalue weighted by molar-refractivity contribution is -0.00255. The molecule has 1 atom stereocenters. The van der Waals surface area contributed by atoms with Gasteiger partial charge in [0.25, 0.3) is 0 Å². The summed E-state index contributed by atoms with van der Waals surface area (Å²) in [6.45, 7) is 5.43. The molecule has 6 nitrogen and oxygen atoms in total. The summed E-state index contributed by atoms with van der Waals surface area (Å²) < 4.78 is 6.19. The van der Waals surface area contributed by atoms with Crippen LogP contribution in [0.15, 0.2) is 17.1 Å². The number of nitrogens with zero attached hydrogens (tertiary/aromatic N) is 2. The molecule has 1 saturated heterocycles. The van der Waals surface area contributed by atoms with Gasteiger partial charge in [-0.3, -0.25) is 4.99 Å². The fourth-order valence-electron chi connectivity index (χ4n) is 2.87. The van der Waals surface area contributed by atoms with Gasteiger partial charge >= 0.3 is 0 Å². The summed E-state index contributed by atoms with van der Waals surface area (Å²) in [4.78, 5) is 7.87. The Kier molecular flexibility index (Phi) is 7.96. The predicted octanol–water partition coefficient (Wildman–Crippen LogP) is 2.10. The van der Waals surface area contributed by atoms with Crippen molar-refractivity contribution in [1.29, 1.82) is 0 Å². The van der Waals surface area contributed by atoms with Crippen LogP contribution in [0.5, 0.6) is 0 Å². The molecule has 0 bridgehead atoms. The summed E-state index contributed by atoms with van der Waals surface area (Å²) in [5.74, 6) is 0.719. The number of aliphatic hydroxyl groups excluding tert-OH is 1. The van der Waals surface area contributed by atoms with Crippen molar-refractivity contribution in [2.75, 3.05) is 46.9 Å². The monoisotopic (exact) mass is 388 g/mol. The molecule has 1 aromatic heterocycles. The highest BCUT2D eigenvalue weighted by molar-refractivity contribution is 7.16. The van der Waals surface area contributed by atoms with Crippen LogP contribution < -0.4 is 10.6 Å². The lowest BCUT2D eigenvalue weighted by atomic mass is 9.89. The zero-order chi connectivity index (χ0) is 18.3. The minimum absolute atomic E-state index is 0.0283. The minimum atomic E-state index is -0.604. The first-order valence-corrected chi connectivity index (χ1v) is 9.87. The Labute approximate surface area is 159 Å². The normalized spacial score (nSPS) is 19.0. The second kappa shape index (κ2) is 9.73. The molecule has 142 valence electrons. The second-order valence-corrected chi connectivity index (χ2v) is 8.21. The molecule has 0 aromatic carbocycles. The van der Waals surface area contributed by atoms with E-state index in [9.17, 15) is 5.11 Å². The van der Waals surface area contributed by atoms with Gasteiger partial charge in [-0.1, -0.05) is 11.6 Å². The maximum atomic E-state index is 10.3. The van der Waals surface area contributed by atoms with Gasteiger partial charge in [-0.05, 0) is 46.0 Å². The average Bonchev–Trinajstić information content (AvgIpc) is 3.04. The maximum Gasteiger partial charge on any atom is 0.191 e. The van der Waals surface area contributed by atoms with E-state index in [1.54, 1.807) is 6.07 Å². The summed E-state index contributed by atoms with van der Waals surface area (Å²) in [6, 6.07) is 3.66. The Bertz CT molecular complexity index is 559. The van der Waals surface area contributed by atoms with Gasteiger partial charge in [0.15, 0.2) is 5.96 Å². The second-order valence-electron chi connectivity index (χ2n) is 6.46. The Morgan fingerprint density at radius 1 is 1.40 bits per heavy atom. The predicted molar refractivity (Wildman–Crippen MR) is 105 cm³/mol. The first kappa shape index (κ1) is 20.5. The number of guanidine groups is 1. The number of nitrogens with one attached hydrogen (secondary N) is 2. The fourth-order valence-corrected chi connectivity index (χ4v) is 3.91. The molecule has 2 heterocycles. The zero-order valence-corrected chi connectivity index (χ0v) is 16.8. The third-order valence-electron chi connectivity index (χ3n) is 4.63. The van der Waals surface area contributed by atoms with E-state index in [4.69, 9.17) is 21.3 Å². The maximum absolute atomic E-state index is 10.3. The van der Waals surface area contributed by atoms with Gasteiger partial charge in [-0.25, -0.2) is 0 Å². The number of halogens is 1. The summed E-state index contributed by atoms with van der Waals surface area (Å²) in [6.07, 6.45) is 1.34. The lowest BCUT2D eigenvalue weighted by Gasteiger charge is -2.41. The van der Waals surface area contributed by atoms with Crippen molar-refractivity contribution in [3.05, 3.63) is 21.3 Å².